The first-order valence-corrected chi connectivity index (χ1v) is 5.46. The summed E-state index contributed by atoms with van der Waals surface area (Å²) < 4.78 is 26.4. The summed E-state index contributed by atoms with van der Waals surface area (Å²) in [4.78, 5) is 3.83. The largest absolute Gasteiger partial charge is 0.245 e. The summed E-state index contributed by atoms with van der Waals surface area (Å²) >= 11 is 5.73. The van der Waals surface area contributed by atoms with Gasteiger partial charge in [0.05, 0.1) is 5.56 Å². The molecule has 18 heavy (non-hydrogen) atoms. The van der Waals surface area contributed by atoms with Gasteiger partial charge in [-0.15, -0.1) is 0 Å². The Labute approximate surface area is 107 Å². The lowest BCUT2D eigenvalue weighted by molar-refractivity contribution is 0.505. The van der Waals surface area contributed by atoms with Crippen LogP contribution in [-0.2, 0) is 6.42 Å². The van der Waals surface area contributed by atoms with Gasteiger partial charge >= 0.3 is 0 Å². The van der Waals surface area contributed by atoms with Crippen molar-refractivity contribution in [1.82, 2.24) is 4.98 Å². The third kappa shape index (κ3) is 2.63. The molecule has 0 N–H and O–H groups in total. The molecule has 2 aromatic rings. The lowest BCUT2D eigenvalue weighted by atomic mass is 10.0. The minimum Gasteiger partial charge on any atom is -0.245 e. The van der Waals surface area contributed by atoms with Gasteiger partial charge in [0.15, 0.2) is 11.6 Å². The average Bonchev–Trinajstić information content (AvgIpc) is 2.33. The molecule has 2 rings (SSSR count). The normalized spacial score (nSPS) is 10.1. The molecule has 0 amide bonds. The van der Waals surface area contributed by atoms with Crippen molar-refractivity contribution < 1.29 is 8.78 Å². The second kappa shape index (κ2) is 5.11. The van der Waals surface area contributed by atoms with Crippen LogP contribution in [0.25, 0.3) is 0 Å². The number of pyridine rings is 1. The number of benzene rings is 1. The molecule has 0 unspecified atom stereocenters. The monoisotopic (exact) mass is 264 g/mol. The fourth-order valence-electron chi connectivity index (χ4n) is 1.62. The number of nitrogens with zero attached hydrogens (tertiary/aromatic N) is 2. The standard InChI is InChI=1S/C13H7ClF2N2/c14-12-6-8(1-2-18-12)3-9-4-10(7-17)13(16)11(15)5-9/h1-2,4-6H,3H2. The maximum Gasteiger partial charge on any atom is 0.176 e. The summed E-state index contributed by atoms with van der Waals surface area (Å²) in [5, 5.41) is 9.02. The summed E-state index contributed by atoms with van der Waals surface area (Å²) in [6.07, 6.45) is 1.89. The number of hydrogen-bond acceptors (Lipinski definition) is 2. The van der Waals surface area contributed by atoms with Gasteiger partial charge in [0.1, 0.15) is 11.2 Å². The van der Waals surface area contributed by atoms with Crippen LogP contribution < -0.4 is 0 Å². The van der Waals surface area contributed by atoms with E-state index in [0.29, 0.717) is 17.1 Å². The molecule has 0 fully saturated rings. The minimum absolute atomic E-state index is 0.301. The zero-order valence-corrected chi connectivity index (χ0v) is 9.88. The van der Waals surface area contributed by atoms with Crippen LogP contribution in [0.4, 0.5) is 8.78 Å². The van der Waals surface area contributed by atoms with Crippen molar-refractivity contribution in [2.75, 3.05) is 0 Å². The van der Waals surface area contributed by atoms with Gasteiger partial charge in [-0.1, -0.05) is 11.6 Å². The molecule has 0 saturated heterocycles. The lowest BCUT2D eigenvalue weighted by Crippen LogP contribution is -1.96. The number of rotatable bonds is 2. The van der Waals surface area contributed by atoms with E-state index in [4.69, 9.17) is 16.9 Å². The maximum atomic E-state index is 13.2. The first-order valence-electron chi connectivity index (χ1n) is 5.08. The van der Waals surface area contributed by atoms with Crippen molar-refractivity contribution in [3.63, 3.8) is 0 Å². The molecule has 90 valence electrons. The molecule has 5 heteroatoms. The van der Waals surface area contributed by atoms with Crippen LogP contribution in [0, 0.1) is 23.0 Å². The Morgan fingerprint density at radius 2 is 2.00 bits per heavy atom. The fraction of sp³-hybridized carbons (Fsp3) is 0.0769. The summed E-state index contributed by atoms with van der Waals surface area (Å²) in [6.45, 7) is 0. The molecular weight excluding hydrogens is 258 g/mol. The van der Waals surface area contributed by atoms with Crippen molar-refractivity contribution in [2.45, 2.75) is 6.42 Å². The van der Waals surface area contributed by atoms with Gasteiger partial charge < -0.3 is 0 Å². The second-order valence-electron chi connectivity index (χ2n) is 3.71. The quantitative estimate of drug-likeness (QED) is 0.779. The molecule has 0 radical (unpaired) electrons. The van der Waals surface area contributed by atoms with Crippen LogP contribution in [0.5, 0.6) is 0 Å². The highest BCUT2D eigenvalue weighted by molar-refractivity contribution is 6.29. The zero-order valence-electron chi connectivity index (χ0n) is 9.12. The van der Waals surface area contributed by atoms with E-state index in [1.165, 1.54) is 12.3 Å². The zero-order chi connectivity index (χ0) is 13.1. The van der Waals surface area contributed by atoms with E-state index in [9.17, 15) is 8.78 Å². The molecule has 0 saturated carbocycles. The third-order valence-corrected chi connectivity index (χ3v) is 2.61. The Balaban J connectivity index is 2.36. The van der Waals surface area contributed by atoms with Gasteiger partial charge in [0.25, 0.3) is 0 Å². The fourth-order valence-corrected chi connectivity index (χ4v) is 1.81. The van der Waals surface area contributed by atoms with Crippen molar-refractivity contribution >= 4 is 11.6 Å². The number of nitriles is 1. The van der Waals surface area contributed by atoms with Gasteiger partial charge in [-0.2, -0.15) is 5.26 Å². The predicted octanol–water partition coefficient (Wildman–Crippen LogP) is 3.48. The Morgan fingerprint density at radius 1 is 1.22 bits per heavy atom. The lowest BCUT2D eigenvalue weighted by Gasteiger charge is -2.04. The summed E-state index contributed by atoms with van der Waals surface area (Å²) in [5.41, 5.74) is 1.02. The molecule has 0 spiro atoms. The van der Waals surface area contributed by atoms with E-state index >= 15 is 0 Å². The van der Waals surface area contributed by atoms with Crippen LogP contribution >= 0.6 is 11.6 Å². The smallest absolute Gasteiger partial charge is 0.176 e. The van der Waals surface area contributed by atoms with Gasteiger partial charge in [-0.25, -0.2) is 13.8 Å². The highest BCUT2D eigenvalue weighted by atomic mass is 35.5. The first kappa shape index (κ1) is 12.5. The highest BCUT2D eigenvalue weighted by Crippen LogP contribution is 2.18. The molecular formula is C13H7ClF2N2. The molecule has 1 heterocycles. The van der Waals surface area contributed by atoms with E-state index < -0.39 is 11.6 Å². The van der Waals surface area contributed by atoms with Gasteiger partial charge in [-0.05, 0) is 41.8 Å². The summed E-state index contributed by atoms with van der Waals surface area (Å²) in [7, 11) is 0. The van der Waals surface area contributed by atoms with Crippen LogP contribution in [0.3, 0.4) is 0 Å². The Bertz CT molecular complexity index is 635. The minimum atomic E-state index is -1.12. The molecule has 0 aliphatic heterocycles. The van der Waals surface area contributed by atoms with Crippen molar-refractivity contribution in [2.24, 2.45) is 0 Å². The number of hydrogen-bond donors (Lipinski definition) is 0. The maximum absolute atomic E-state index is 13.2. The molecule has 2 nitrogen and oxygen atoms in total. The summed E-state index contributed by atoms with van der Waals surface area (Å²) in [5.74, 6) is -2.14. The van der Waals surface area contributed by atoms with E-state index in [1.54, 1.807) is 18.2 Å². The van der Waals surface area contributed by atoms with Gasteiger partial charge in [0.2, 0.25) is 0 Å². The predicted molar refractivity (Wildman–Crippen MR) is 63.1 cm³/mol. The summed E-state index contributed by atoms with van der Waals surface area (Å²) in [6, 6.07) is 7.38. The van der Waals surface area contributed by atoms with Crippen LogP contribution in [-0.4, -0.2) is 4.98 Å². The average molecular weight is 265 g/mol. The van der Waals surface area contributed by atoms with E-state index in [-0.39, 0.29) is 5.56 Å². The molecule has 0 aliphatic carbocycles. The SMILES string of the molecule is N#Cc1cc(Cc2ccnc(Cl)c2)cc(F)c1F. The molecule has 1 aromatic carbocycles. The van der Waals surface area contributed by atoms with Crippen molar-refractivity contribution in [3.05, 3.63) is 63.9 Å². The molecule has 0 atom stereocenters. The Kier molecular flexibility index (Phi) is 3.54. The van der Waals surface area contributed by atoms with Crippen LogP contribution in [0.15, 0.2) is 30.5 Å². The number of halogens is 3. The van der Waals surface area contributed by atoms with Crippen molar-refractivity contribution in [1.29, 1.82) is 5.26 Å². The van der Waals surface area contributed by atoms with E-state index in [2.05, 4.69) is 4.98 Å². The van der Waals surface area contributed by atoms with E-state index in [1.807, 2.05) is 0 Å². The third-order valence-electron chi connectivity index (χ3n) is 2.41. The molecule has 0 aliphatic rings. The van der Waals surface area contributed by atoms with E-state index in [0.717, 1.165) is 11.6 Å². The topological polar surface area (TPSA) is 36.7 Å². The Morgan fingerprint density at radius 3 is 2.67 bits per heavy atom. The van der Waals surface area contributed by atoms with Gasteiger partial charge in [-0.3, -0.25) is 0 Å². The second-order valence-corrected chi connectivity index (χ2v) is 4.10. The number of aromatic nitrogens is 1. The highest BCUT2D eigenvalue weighted by Gasteiger charge is 2.10. The Hall–Kier alpha value is -1.99. The van der Waals surface area contributed by atoms with Gasteiger partial charge in [0, 0.05) is 6.20 Å². The van der Waals surface area contributed by atoms with Crippen LogP contribution in [0.2, 0.25) is 5.15 Å². The first-order chi connectivity index (χ1) is 8.60. The molecule has 0 bridgehead atoms. The molecule has 1 aromatic heterocycles. The van der Waals surface area contributed by atoms with Crippen molar-refractivity contribution in [3.8, 4) is 6.07 Å². The van der Waals surface area contributed by atoms with Crippen LogP contribution in [0.1, 0.15) is 16.7 Å².